The number of nitrogens with zero attached hydrogens (tertiary/aromatic N) is 3. The maximum Gasteiger partial charge on any atom is 0.311 e. The number of hydrogen-bond donors (Lipinski definition) is 3. The Bertz CT molecular complexity index is 1260. The Labute approximate surface area is 199 Å². The lowest BCUT2D eigenvalue weighted by atomic mass is 10.2. The minimum atomic E-state index is -4.00. The van der Waals surface area contributed by atoms with Gasteiger partial charge < -0.3 is 20.3 Å². The van der Waals surface area contributed by atoms with Gasteiger partial charge in [0.2, 0.25) is 5.95 Å². The van der Waals surface area contributed by atoms with E-state index in [1.165, 1.54) is 29.8 Å². The van der Waals surface area contributed by atoms with Gasteiger partial charge >= 0.3 is 10.8 Å². The van der Waals surface area contributed by atoms with Gasteiger partial charge in [-0.15, -0.1) is 0 Å². The summed E-state index contributed by atoms with van der Waals surface area (Å²) in [5.74, 6) is -0.460. The molecule has 34 heavy (non-hydrogen) atoms. The summed E-state index contributed by atoms with van der Waals surface area (Å²) in [5, 5.41) is 9.26. The highest BCUT2D eigenvalue weighted by Crippen LogP contribution is 2.33. The summed E-state index contributed by atoms with van der Waals surface area (Å²) in [7, 11) is -4.00. The number of carbonyl (C=O) groups excluding carboxylic acids is 1. The van der Waals surface area contributed by atoms with E-state index in [9.17, 15) is 23.1 Å². The van der Waals surface area contributed by atoms with Crippen LogP contribution in [0.5, 0.6) is 0 Å². The SMILES string of the molecule is CC.CC(=O)O[C@@H]1C[C@@H](CO)O[C@H]1n1c(=O)sc2cnc(N)nc21.O=S(=O)(O)c1ccccc1. The minimum Gasteiger partial charge on any atom is -0.458 e. The Morgan fingerprint density at radius 3 is 2.50 bits per heavy atom. The van der Waals surface area contributed by atoms with E-state index >= 15 is 0 Å². The molecule has 186 valence electrons. The monoisotopic (exact) mass is 514 g/mol. The second-order valence-corrected chi connectivity index (χ2v) is 9.07. The highest BCUT2D eigenvalue weighted by Gasteiger charge is 2.40. The van der Waals surface area contributed by atoms with Crippen LogP contribution < -0.4 is 10.6 Å². The molecular weight excluding hydrogens is 488 g/mol. The number of ether oxygens (including phenoxy) is 2. The Balaban J connectivity index is 0.000000286. The Hall–Kier alpha value is -2.91. The predicted octanol–water partition coefficient (Wildman–Crippen LogP) is 1.61. The molecule has 0 aliphatic carbocycles. The van der Waals surface area contributed by atoms with E-state index in [2.05, 4.69) is 9.97 Å². The molecule has 1 saturated heterocycles. The van der Waals surface area contributed by atoms with Crippen molar-refractivity contribution in [2.24, 2.45) is 0 Å². The van der Waals surface area contributed by atoms with Crippen LogP contribution in [0.4, 0.5) is 5.95 Å². The van der Waals surface area contributed by atoms with Gasteiger partial charge in [0.15, 0.2) is 11.9 Å². The third kappa shape index (κ3) is 6.80. The fourth-order valence-electron chi connectivity index (χ4n) is 3.05. The standard InChI is InChI=1S/C12H14N4O5S.C6H6O3S.C2H6/c1-5(18)20-7-2-6(4-17)21-10(7)16-9-8(22-12(16)19)3-14-11(13)15-9;7-10(8,9)6-4-2-1-3-5-6;1-2/h3,6-7,10,17H,2,4H2,1H3,(H2,13,14,15);1-5H,(H,7,8,9);1-2H3/t6-,7+,10+;;/m0../s1. The maximum atomic E-state index is 12.3. The summed E-state index contributed by atoms with van der Waals surface area (Å²) >= 11 is 0.948. The van der Waals surface area contributed by atoms with Crippen LogP contribution in [0.2, 0.25) is 0 Å². The molecule has 1 aliphatic heterocycles. The predicted molar refractivity (Wildman–Crippen MR) is 125 cm³/mol. The molecule has 12 nitrogen and oxygen atoms in total. The molecule has 0 bridgehead atoms. The maximum absolute atomic E-state index is 12.3. The lowest BCUT2D eigenvalue weighted by Crippen LogP contribution is -2.30. The molecule has 1 aromatic carbocycles. The molecule has 0 spiro atoms. The van der Waals surface area contributed by atoms with Crippen LogP contribution in [0.15, 0.2) is 46.2 Å². The topological polar surface area (TPSA) is 184 Å². The second kappa shape index (κ2) is 12.0. The summed E-state index contributed by atoms with van der Waals surface area (Å²) in [6.45, 7) is 5.04. The molecular formula is C20H26N4O8S2. The molecule has 4 N–H and O–H groups in total. The van der Waals surface area contributed by atoms with Crippen LogP contribution >= 0.6 is 11.3 Å². The van der Waals surface area contributed by atoms with Gasteiger partial charge in [0, 0.05) is 13.3 Å². The molecule has 1 fully saturated rings. The number of hydrogen-bond acceptors (Lipinski definition) is 11. The first-order valence-electron chi connectivity index (χ1n) is 10.2. The van der Waals surface area contributed by atoms with Crippen molar-refractivity contribution in [3.8, 4) is 0 Å². The number of benzene rings is 1. The molecule has 0 unspecified atom stereocenters. The van der Waals surface area contributed by atoms with Gasteiger partial charge in [0.1, 0.15) is 6.10 Å². The number of esters is 1. The molecule has 3 atom stereocenters. The molecule has 3 aromatic rings. The number of thiazole rings is 1. The number of anilines is 1. The molecule has 14 heteroatoms. The lowest BCUT2D eigenvalue weighted by molar-refractivity contribution is -0.152. The van der Waals surface area contributed by atoms with Gasteiger partial charge in [-0.3, -0.25) is 18.7 Å². The Morgan fingerprint density at radius 1 is 1.32 bits per heavy atom. The second-order valence-electron chi connectivity index (χ2n) is 6.66. The Kier molecular flexibility index (Phi) is 9.64. The summed E-state index contributed by atoms with van der Waals surface area (Å²) < 4.78 is 41.9. The quantitative estimate of drug-likeness (QED) is 0.339. The largest absolute Gasteiger partial charge is 0.458 e. The molecule has 0 radical (unpaired) electrons. The molecule has 1 aliphatic rings. The van der Waals surface area contributed by atoms with Gasteiger partial charge in [-0.1, -0.05) is 43.4 Å². The molecule has 2 aromatic heterocycles. The van der Waals surface area contributed by atoms with Crippen molar-refractivity contribution in [2.75, 3.05) is 12.3 Å². The van der Waals surface area contributed by atoms with Crippen LogP contribution in [0, 0.1) is 0 Å². The summed E-state index contributed by atoms with van der Waals surface area (Å²) in [6.07, 6.45) is -0.293. The summed E-state index contributed by atoms with van der Waals surface area (Å²) in [5.41, 5.74) is 5.89. The van der Waals surface area contributed by atoms with E-state index in [1.807, 2.05) is 13.8 Å². The van der Waals surface area contributed by atoms with Gasteiger partial charge in [-0.05, 0) is 12.1 Å². The van der Waals surface area contributed by atoms with E-state index in [0.29, 0.717) is 16.8 Å². The fourth-order valence-corrected chi connectivity index (χ4v) is 4.36. The van der Waals surface area contributed by atoms with Crippen LogP contribution in [0.25, 0.3) is 10.3 Å². The van der Waals surface area contributed by atoms with E-state index in [4.69, 9.17) is 19.8 Å². The van der Waals surface area contributed by atoms with Crippen LogP contribution in [0.1, 0.15) is 33.4 Å². The van der Waals surface area contributed by atoms with Crippen molar-refractivity contribution < 1.29 is 32.3 Å². The molecule has 4 rings (SSSR count). The van der Waals surface area contributed by atoms with Crippen molar-refractivity contribution in [2.45, 2.75) is 50.5 Å². The first kappa shape index (κ1) is 27.3. The minimum absolute atomic E-state index is 0.0276. The Morgan fingerprint density at radius 2 is 1.97 bits per heavy atom. The average molecular weight is 515 g/mol. The van der Waals surface area contributed by atoms with Crippen molar-refractivity contribution in [1.82, 2.24) is 14.5 Å². The van der Waals surface area contributed by atoms with Crippen molar-refractivity contribution in [1.29, 1.82) is 0 Å². The van der Waals surface area contributed by atoms with Crippen LogP contribution in [-0.2, 0) is 24.4 Å². The molecule has 0 amide bonds. The van der Waals surface area contributed by atoms with Crippen molar-refractivity contribution >= 4 is 43.7 Å². The number of carbonyl (C=O) groups is 1. The van der Waals surface area contributed by atoms with Crippen LogP contribution in [-0.4, -0.2) is 57.4 Å². The lowest BCUT2D eigenvalue weighted by Gasteiger charge is -2.19. The third-order valence-electron chi connectivity index (χ3n) is 4.34. The molecule has 0 saturated carbocycles. The van der Waals surface area contributed by atoms with Crippen molar-refractivity contribution in [3.63, 3.8) is 0 Å². The zero-order chi connectivity index (χ0) is 25.5. The highest BCUT2D eigenvalue weighted by molar-refractivity contribution is 7.85. The number of aliphatic hydroxyl groups is 1. The zero-order valence-electron chi connectivity index (χ0n) is 18.7. The van der Waals surface area contributed by atoms with E-state index in [-0.39, 0.29) is 22.3 Å². The smallest absolute Gasteiger partial charge is 0.311 e. The normalized spacial score (nSPS) is 19.5. The van der Waals surface area contributed by atoms with E-state index in [0.717, 1.165) is 11.3 Å². The number of nitrogen functional groups attached to an aromatic ring is 1. The van der Waals surface area contributed by atoms with Gasteiger partial charge in [0.05, 0.1) is 28.5 Å². The number of aromatic nitrogens is 3. The van der Waals surface area contributed by atoms with E-state index < -0.39 is 34.5 Å². The highest BCUT2D eigenvalue weighted by atomic mass is 32.2. The average Bonchev–Trinajstić information content (AvgIpc) is 3.34. The first-order valence-corrected chi connectivity index (χ1v) is 12.5. The summed E-state index contributed by atoms with van der Waals surface area (Å²) in [4.78, 5) is 31.0. The number of rotatable bonds is 4. The van der Waals surface area contributed by atoms with Gasteiger partial charge in [-0.2, -0.15) is 13.4 Å². The number of fused-ring (bicyclic) bond motifs is 1. The van der Waals surface area contributed by atoms with Gasteiger partial charge in [0.25, 0.3) is 10.1 Å². The third-order valence-corrected chi connectivity index (χ3v) is 6.09. The first-order chi connectivity index (χ1) is 16.1. The van der Waals surface area contributed by atoms with Crippen molar-refractivity contribution in [3.05, 3.63) is 46.2 Å². The fraction of sp³-hybridized carbons (Fsp3) is 0.400. The number of aliphatic hydroxyl groups excluding tert-OH is 1. The summed E-state index contributed by atoms with van der Waals surface area (Å²) in [6, 6.07) is 7.42. The molecule has 3 heterocycles. The van der Waals surface area contributed by atoms with Gasteiger partial charge in [-0.25, -0.2) is 4.98 Å². The van der Waals surface area contributed by atoms with E-state index in [1.54, 1.807) is 18.2 Å². The van der Waals surface area contributed by atoms with Crippen LogP contribution in [0.3, 0.4) is 0 Å². The zero-order valence-corrected chi connectivity index (χ0v) is 20.3. The number of nitrogens with two attached hydrogens (primary N) is 1.